The summed E-state index contributed by atoms with van der Waals surface area (Å²) in [6.07, 6.45) is 0. The van der Waals surface area contributed by atoms with Gasteiger partial charge in [0, 0.05) is 13.1 Å². The lowest BCUT2D eigenvalue weighted by Crippen LogP contribution is -2.27. The van der Waals surface area contributed by atoms with E-state index in [1.165, 1.54) is 31.3 Å². The van der Waals surface area contributed by atoms with Crippen LogP contribution in [0.5, 0.6) is 0 Å². The topological polar surface area (TPSA) is 50.5 Å². The van der Waals surface area contributed by atoms with E-state index in [1.807, 2.05) is 0 Å². The molecule has 0 saturated heterocycles. The molecule has 0 bridgehead atoms. The second kappa shape index (κ2) is 5.75. The Hall–Kier alpha value is -1.05. The summed E-state index contributed by atoms with van der Waals surface area (Å²) in [7, 11) is -2.67. The highest BCUT2D eigenvalue weighted by Crippen LogP contribution is 2.31. The van der Waals surface area contributed by atoms with Gasteiger partial charge in [-0.05, 0) is 28.1 Å². The molecule has 0 fully saturated rings. The number of hydrogen-bond donors (Lipinski definition) is 0. The fraction of sp³-hybridized carbons (Fsp3) is 0.167. The molecule has 2 aromatic rings. The molecule has 108 valence electrons. The monoisotopic (exact) mass is 381 g/mol. The van der Waals surface area contributed by atoms with Gasteiger partial charge in [0.2, 0.25) is 0 Å². The first-order chi connectivity index (χ1) is 9.37. The first kappa shape index (κ1) is 15.3. The van der Waals surface area contributed by atoms with Crippen molar-refractivity contribution in [2.75, 3.05) is 11.4 Å². The van der Waals surface area contributed by atoms with E-state index in [4.69, 9.17) is 16.0 Å². The molecule has 0 aliphatic carbocycles. The quantitative estimate of drug-likeness (QED) is 0.757. The van der Waals surface area contributed by atoms with Gasteiger partial charge >= 0.3 is 0 Å². The van der Waals surface area contributed by atoms with Crippen molar-refractivity contribution in [3.8, 4) is 0 Å². The van der Waals surface area contributed by atoms with E-state index in [9.17, 15) is 12.8 Å². The third-order valence-electron chi connectivity index (χ3n) is 2.67. The highest BCUT2D eigenvalue weighted by atomic mass is 79.9. The first-order valence-electron chi connectivity index (χ1n) is 5.45. The van der Waals surface area contributed by atoms with Crippen LogP contribution in [-0.4, -0.2) is 15.5 Å². The maximum atomic E-state index is 13.7. The predicted octanol–water partition coefficient (Wildman–Crippen LogP) is 3.75. The summed E-state index contributed by atoms with van der Waals surface area (Å²) < 4.78 is 44.7. The van der Waals surface area contributed by atoms with E-state index >= 15 is 0 Å². The number of furan rings is 1. The van der Waals surface area contributed by atoms with Crippen molar-refractivity contribution < 1.29 is 17.2 Å². The number of benzene rings is 1. The molecule has 1 aromatic heterocycles. The zero-order valence-corrected chi connectivity index (χ0v) is 13.5. The number of para-hydroxylation sites is 1. The smallest absolute Gasteiger partial charge is 0.268 e. The van der Waals surface area contributed by atoms with Crippen molar-refractivity contribution in [1.82, 2.24) is 0 Å². The van der Waals surface area contributed by atoms with Crippen LogP contribution in [0.15, 0.2) is 44.3 Å². The van der Waals surface area contributed by atoms with Gasteiger partial charge in [-0.3, -0.25) is 4.31 Å². The van der Waals surface area contributed by atoms with E-state index in [-0.39, 0.29) is 21.1 Å². The van der Waals surface area contributed by atoms with Crippen molar-refractivity contribution >= 4 is 43.2 Å². The standard InChI is InChI=1S/C12H10BrClFNO3S/c1-16(10-5-3-2-4-9(10)15)20(17,18)11-6-8(7-14)19-12(11)13/h2-6H,7H2,1H3. The van der Waals surface area contributed by atoms with Crippen molar-refractivity contribution in [2.24, 2.45) is 0 Å². The molecule has 0 aliphatic rings. The largest absolute Gasteiger partial charge is 0.452 e. The van der Waals surface area contributed by atoms with Gasteiger partial charge in [0.1, 0.15) is 16.5 Å². The molecule has 8 heteroatoms. The lowest BCUT2D eigenvalue weighted by molar-refractivity contribution is 0.498. The van der Waals surface area contributed by atoms with Crippen LogP contribution in [0.4, 0.5) is 10.1 Å². The fourth-order valence-corrected chi connectivity index (χ4v) is 3.92. The van der Waals surface area contributed by atoms with Crippen molar-refractivity contribution in [1.29, 1.82) is 0 Å². The summed E-state index contributed by atoms with van der Waals surface area (Å²) >= 11 is 8.63. The lowest BCUT2D eigenvalue weighted by atomic mass is 10.3. The van der Waals surface area contributed by atoms with Crippen molar-refractivity contribution in [3.05, 3.63) is 46.6 Å². The summed E-state index contributed by atoms with van der Waals surface area (Å²) in [5.74, 6) is -0.285. The van der Waals surface area contributed by atoms with Crippen molar-refractivity contribution in [2.45, 2.75) is 10.8 Å². The number of alkyl halides is 1. The minimum Gasteiger partial charge on any atom is -0.452 e. The normalized spacial score (nSPS) is 11.6. The molecule has 0 spiro atoms. The molecule has 0 radical (unpaired) electrons. The molecule has 20 heavy (non-hydrogen) atoms. The summed E-state index contributed by atoms with van der Waals surface area (Å²) in [4.78, 5) is -0.0982. The summed E-state index contributed by atoms with van der Waals surface area (Å²) in [6.45, 7) is 0. The van der Waals surface area contributed by atoms with Crippen LogP contribution in [0.25, 0.3) is 0 Å². The van der Waals surface area contributed by atoms with Gasteiger partial charge in [-0.2, -0.15) is 0 Å². The molecular weight excluding hydrogens is 373 g/mol. The lowest BCUT2D eigenvalue weighted by Gasteiger charge is -2.19. The summed E-state index contributed by atoms with van der Waals surface area (Å²) in [6, 6.07) is 6.92. The second-order valence-electron chi connectivity index (χ2n) is 3.91. The molecule has 0 unspecified atom stereocenters. The van der Waals surface area contributed by atoms with Gasteiger partial charge in [0.05, 0.1) is 11.6 Å². The van der Waals surface area contributed by atoms with Crippen LogP contribution in [0.1, 0.15) is 5.76 Å². The van der Waals surface area contributed by atoms with Gasteiger partial charge in [-0.1, -0.05) is 12.1 Å². The first-order valence-corrected chi connectivity index (χ1v) is 8.22. The molecule has 0 atom stereocenters. The number of anilines is 1. The van der Waals surface area contributed by atoms with Crippen molar-refractivity contribution in [3.63, 3.8) is 0 Å². The Morgan fingerprint density at radius 3 is 2.60 bits per heavy atom. The van der Waals surface area contributed by atoms with Gasteiger partial charge < -0.3 is 4.42 Å². The maximum absolute atomic E-state index is 13.7. The molecule has 0 aliphatic heterocycles. The van der Waals surface area contributed by atoms with E-state index in [0.29, 0.717) is 5.76 Å². The average Bonchev–Trinajstić information content (AvgIpc) is 2.80. The molecule has 0 saturated carbocycles. The van der Waals surface area contributed by atoms with E-state index in [1.54, 1.807) is 6.07 Å². The zero-order valence-electron chi connectivity index (χ0n) is 10.3. The Morgan fingerprint density at radius 1 is 1.40 bits per heavy atom. The SMILES string of the molecule is CN(c1ccccc1F)S(=O)(=O)c1cc(CCl)oc1Br. The highest BCUT2D eigenvalue weighted by Gasteiger charge is 2.28. The predicted molar refractivity (Wildman–Crippen MR) is 78.0 cm³/mol. The zero-order chi connectivity index (χ0) is 14.9. The van der Waals surface area contributed by atoms with Gasteiger partial charge in [-0.25, -0.2) is 12.8 Å². The van der Waals surface area contributed by atoms with Gasteiger partial charge in [-0.15, -0.1) is 11.6 Å². The molecular formula is C12H10BrClFNO3S. The Kier molecular flexibility index (Phi) is 4.41. The number of rotatable bonds is 4. The second-order valence-corrected chi connectivity index (χ2v) is 6.83. The summed E-state index contributed by atoms with van der Waals surface area (Å²) in [5, 5.41) is 0. The van der Waals surface area contributed by atoms with Crippen LogP contribution in [0.3, 0.4) is 0 Å². The number of hydrogen-bond acceptors (Lipinski definition) is 3. The van der Waals surface area contributed by atoms with E-state index < -0.39 is 15.8 Å². The van der Waals surface area contributed by atoms with E-state index in [0.717, 1.165) is 4.31 Å². The highest BCUT2D eigenvalue weighted by molar-refractivity contribution is 9.10. The minimum atomic E-state index is -3.94. The van der Waals surface area contributed by atoms with Gasteiger partial charge in [0.25, 0.3) is 10.0 Å². The molecule has 1 aromatic carbocycles. The van der Waals surface area contributed by atoms with Crippen LogP contribution < -0.4 is 4.31 Å². The number of nitrogens with zero attached hydrogens (tertiary/aromatic N) is 1. The Morgan fingerprint density at radius 2 is 2.05 bits per heavy atom. The third kappa shape index (κ3) is 2.70. The number of sulfonamides is 1. The minimum absolute atomic E-state index is 0.0383. The fourth-order valence-electron chi connectivity index (χ4n) is 1.62. The average molecular weight is 383 g/mol. The molecule has 0 N–H and O–H groups in total. The Bertz CT molecular complexity index is 732. The summed E-state index contributed by atoms with van der Waals surface area (Å²) in [5.41, 5.74) is -0.0481. The Balaban J connectivity index is 2.49. The van der Waals surface area contributed by atoms with E-state index in [2.05, 4.69) is 15.9 Å². The van der Waals surface area contributed by atoms with Crippen LogP contribution in [0, 0.1) is 5.82 Å². The number of halogens is 3. The molecule has 1 heterocycles. The Labute approximate surface area is 129 Å². The van der Waals surface area contributed by atoms with Crippen LogP contribution in [0.2, 0.25) is 0 Å². The van der Waals surface area contributed by atoms with Gasteiger partial charge in [0.15, 0.2) is 4.67 Å². The molecule has 0 amide bonds. The molecule has 4 nitrogen and oxygen atoms in total. The molecule has 2 rings (SSSR count). The maximum Gasteiger partial charge on any atom is 0.268 e. The van der Waals surface area contributed by atoms with Crippen LogP contribution in [-0.2, 0) is 15.9 Å². The van der Waals surface area contributed by atoms with Crippen LogP contribution >= 0.6 is 27.5 Å². The third-order valence-corrected chi connectivity index (χ3v) is 5.56.